The number of nitro groups is 1. The summed E-state index contributed by atoms with van der Waals surface area (Å²) in [7, 11) is -4.34. The number of aryl methyl sites for hydroxylation is 1. The third-order valence-corrected chi connectivity index (χ3v) is 5.73. The van der Waals surface area contributed by atoms with Crippen molar-refractivity contribution in [1.29, 1.82) is 0 Å². The number of nitrogens with zero attached hydrogens (tertiary/aromatic N) is 2. The molecule has 0 bridgehead atoms. The highest BCUT2D eigenvalue weighted by Gasteiger charge is 2.35. The first-order valence-corrected chi connectivity index (χ1v) is 9.16. The molecule has 0 fully saturated rings. The van der Waals surface area contributed by atoms with Crippen LogP contribution in [0.4, 0.5) is 5.69 Å². The van der Waals surface area contributed by atoms with E-state index in [0.29, 0.717) is 10.7 Å². The molecule has 0 aliphatic rings. The van der Waals surface area contributed by atoms with E-state index in [-0.39, 0.29) is 10.7 Å². The third-order valence-electron chi connectivity index (χ3n) is 3.69. The van der Waals surface area contributed by atoms with Gasteiger partial charge in [0.05, 0.1) is 20.4 Å². The van der Waals surface area contributed by atoms with Crippen molar-refractivity contribution in [3.8, 4) is 22.8 Å². The van der Waals surface area contributed by atoms with Crippen LogP contribution in [0, 0.1) is 17.0 Å². The van der Waals surface area contributed by atoms with Gasteiger partial charge in [0.25, 0.3) is 0 Å². The van der Waals surface area contributed by atoms with Crippen molar-refractivity contribution in [2.24, 2.45) is 0 Å². The van der Waals surface area contributed by atoms with E-state index in [4.69, 9.17) is 16.1 Å². The maximum absolute atomic E-state index is 13.1. The first-order chi connectivity index (χ1) is 12.6. The molecule has 0 saturated heterocycles. The molecule has 2 aromatic carbocycles. The molecule has 1 aromatic heterocycles. The minimum absolute atomic E-state index is 0.219. The van der Waals surface area contributed by atoms with Crippen molar-refractivity contribution < 1.29 is 28.1 Å². The Bertz CT molecular complexity index is 1150. The summed E-state index contributed by atoms with van der Waals surface area (Å²) in [5.41, 5.74) is -1.20. The molecule has 0 amide bonds. The van der Waals surface area contributed by atoms with Crippen LogP contribution in [-0.2, 0) is 9.84 Å². The number of aromatic nitrogens is 1. The molecular formula is C16H11ClN2O7S. The van der Waals surface area contributed by atoms with E-state index in [9.17, 15) is 28.7 Å². The van der Waals surface area contributed by atoms with Gasteiger partial charge in [-0.2, -0.15) is 0 Å². The van der Waals surface area contributed by atoms with Crippen LogP contribution in [0.25, 0.3) is 11.3 Å². The Balaban J connectivity index is 2.42. The topological polar surface area (TPSA) is 144 Å². The normalized spacial score (nSPS) is 11.5. The summed E-state index contributed by atoms with van der Waals surface area (Å²) in [4.78, 5) is 9.64. The fourth-order valence-corrected chi connectivity index (χ4v) is 4.08. The van der Waals surface area contributed by atoms with Crippen molar-refractivity contribution >= 4 is 27.1 Å². The smallest absolute Gasteiger partial charge is 0.327 e. The van der Waals surface area contributed by atoms with E-state index in [1.807, 2.05) is 0 Å². The van der Waals surface area contributed by atoms with Gasteiger partial charge in [0.15, 0.2) is 11.5 Å². The molecule has 3 aromatic rings. The highest BCUT2D eigenvalue weighted by atomic mass is 35.5. The van der Waals surface area contributed by atoms with Crippen molar-refractivity contribution in [2.75, 3.05) is 0 Å². The zero-order valence-corrected chi connectivity index (χ0v) is 15.2. The van der Waals surface area contributed by atoms with Crippen LogP contribution in [-0.4, -0.2) is 28.7 Å². The van der Waals surface area contributed by atoms with E-state index >= 15 is 0 Å². The molecule has 0 aliphatic heterocycles. The van der Waals surface area contributed by atoms with Gasteiger partial charge in [-0.15, -0.1) is 0 Å². The van der Waals surface area contributed by atoms with Crippen molar-refractivity contribution in [3.05, 3.63) is 57.2 Å². The lowest BCUT2D eigenvalue weighted by Crippen LogP contribution is -2.06. The Morgan fingerprint density at radius 2 is 1.81 bits per heavy atom. The van der Waals surface area contributed by atoms with Gasteiger partial charge in [-0.1, -0.05) is 16.8 Å². The number of halogens is 1. The molecule has 27 heavy (non-hydrogen) atoms. The average molecular weight is 411 g/mol. The first-order valence-electron chi connectivity index (χ1n) is 7.30. The number of aromatic hydroxyl groups is 2. The van der Waals surface area contributed by atoms with Crippen LogP contribution in [0.2, 0.25) is 5.02 Å². The quantitative estimate of drug-likeness (QED) is 0.378. The van der Waals surface area contributed by atoms with Gasteiger partial charge in [-0.3, -0.25) is 10.1 Å². The summed E-state index contributed by atoms with van der Waals surface area (Å²) in [6, 6.07) is 7.09. The number of nitro benzene ring substituents is 1. The van der Waals surface area contributed by atoms with Gasteiger partial charge in [-0.25, -0.2) is 8.42 Å². The highest BCUT2D eigenvalue weighted by molar-refractivity contribution is 7.91. The number of hydrogen-bond donors (Lipinski definition) is 2. The summed E-state index contributed by atoms with van der Waals surface area (Å²) in [6.45, 7) is 1.53. The minimum Gasteiger partial charge on any atom is -0.504 e. The van der Waals surface area contributed by atoms with Crippen molar-refractivity contribution in [1.82, 2.24) is 5.16 Å². The minimum atomic E-state index is -4.34. The molecule has 140 valence electrons. The maximum Gasteiger partial charge on any atom is 0.327 e. The lowest BCUT2D eigenvalue weighted by molar-refractivity contribution is -0.385. The molecule has 0 atom stereocenters. The number of sulfone groups is 1. The zero-order chi connectivity index (χ0) is 19.9. The number of benzene rings is 2. The number of rotatable bonds is 4. The van der Waals surface area contributed by atoms with E-state index in [1.54, 1.807) is 0 Å². The van der Waals surface area contributed by atoms with E-state index in [1.165, 1.54) is 37.3 Å². The van der Waals surface area contributed by atoms with Crippen LogP contribution in [0.3, 0.4) is 0 Å². The van der Waals surface area contributed by atoms with Crippen molar-refractivity contribution in [2.45, 2.75) is 16.7 Å². The van der Waals surface area contributed by atoms with Gasteiger partial charge in [-0.05, 0) is 31.2 Å². The molecule has 0 saturated carbocycles. The molecule has 0 radical (unpaired) electrons. The molecule has 1 heterocycles. The summed E-state index contributed by atoms with van der Waals surface area (Å²) < 4.78 is 31.1. The standard InChI is InChI=1S/C16H11ClN2O7S/c1-8-6-12(26-18-8)14-13(7-11(20)16(21)15(14)19(22)23)27(24,25)10-4-2-9(17)3-5-10/h2-7,20-21H,1H3. The van der Waals surface area contributed by atoms with Gasteiger partial charge in [0.2, 0.25) is 15.6 Å². The van der Waals surface area contributed by atoms with Crippen LogP contribution in [0.15, 0.2) is 50.7 Å². The monoisotopic (exact) mass is 410 g/mol. The third kappa shape index (κ3) is 3.20. The lowest BCUT2D eigenvalue weighted by atomic mass is 10.1. The zero-order valence-electron chi connectivity index (χ0n) is 13.6. The summed E-state index contributed by atoms with van der Waals surface area (Å²) in [5.74, 6) is -2.30. The van der Waals surface area contributed by atoms with E-state index in [0.717, 1.165) is 6.07 Å². The van der Waals surface area contributed by atoms with Crippen LogP contribution < -0.4 is 0 Å². The lowest BCUT2D eigenvalue weighted by Gasteiger charge is -2.11. The van der Waals surface area contributed by atoms with E-state index in [2.05, 4.69) is 5.16 Å². The van der Waals surface area contributed by atoms with Gasteiger partial charge >= 0.3 is 5.69 Å². The Morgan fingerprint density at radius 3 is 2.33 bits per heavy atom. The molecule has 2 N–H and O–H groups in total. The maximum atomic E-state index is 13.1. The van der Waals surface area contributed by atoms with Crippen molar-refractivity contribution in [3.63, 3.8) is 0 Å². The largest absolute Gasteiger partial charge is 0.504 e. The Morgan fingerprint density at radius 1 is 1.19 bits per heavy atom. The second-order valence-corrected chi connectivity index (χ2v) is 7.87. The van der Waals surface area contributed by atoms with Gasteiger partial charge in [0.1, 0.15) is 5.56 Å². The second-order valence-electron chi connectivity index (χ2n) is 5.51. The summed E-state index contributed by atoms with van der Waals surface area (Å²) in [5, 5.41) is 35.2. The molecular weight excluding hydrogens is 400 g/mol. The van der Waals surface area contributed by atoms with Gasteiger partial charge < -0.3 is 14.7 Å². The molecule has 11 heteroatoms. The molecule has 9 nitrogen and oxygen atoms in total. The van der Waals surface area contributed by atoms with Crippen LogP contribution in [0.1, 0.15) is 5.69 Å². The van der Waals surface area contributed by atoms with Gasteiger partial charge in [0, 0.05) is 17.2 Å². The number of phenols is 2. The fraction of sp³-hybridized carbons (Fsp3) is 0.0625. The number of phenolic OH excluding ortho intramolecular Hbond substituents is 2. The summed E-state index contributed by atoms with van der Waals surface area (Å²) >= 11 is 5.77. The van der Waals surface area contributed by atoms with Crippen LogP contribution in [0.5, 0.6) is 11.5 Å². The Labute approximate surface area is 157 Å². The SMILES string of the molecule is Cc1cc(-c2c(S(=O)(=O)c3ccc(Cl)cc3)cc(O)c(O)c2[N+](=O)[O-])on1. The Kier molecular flexibility index (Phi) is 4.54. The highest BCUT2D eigenvalue weighted by Crippen LogP contribution is 2.48. The fourth-order valence-electron chi connectivity index (χ4n) is 2.47. The average Bonchev–Trinajstić information content (AvgIpc) is 3.02. The number of hydrogen-bond acceptors (Lipinski definition) is 8. The first kappa shape index (κ1) is 18.7. The molecule has 3 rings (SSSR count). The van der Waals surface area contributed by atoms with E-state index < -0.39 is 42.4 Å². The molecule has 0 spiro atoms. The second kappa shape index (κ2) is 6.56. The molecule has 0 unspecified atom stereocenters. The predicted octanol–water partition coefficient (Wildman–Crippen LogP) is 3.46. The Hall–Kier alpha value is -3.11. The summed E-state index contributed by atoms with van der Waals surface area (Å²) in [6.07, 6.45) is 0. The predicted molar refractivity (Wildman–Crippen MR) is 93.6 cm³/mol. The van der Waals surface area contributed by atoms with Crippen LogP contribution >= 0.6 is 11.6 Å². The molecule has 0 aliphatic carbocycles.